The van der Waals surface area contributed by atoms with E-state index in [1.54, 1.807) is 51.1 Å². The third-order valence-corrected chi connectivity index (χ3v) is 7.88. The summed E-state index contributed by atoms with van der Waals surface area (Å²) in [6, 6.07) is 21.3. The van der Waals surface area contributed by atoms with Crippen molar-refractivity contribution >= 4 is 23.5 Å². The molecule has 10 heteroatoms. The lowest BCUT2D eigenvalue weighted by Crippen LogP contribution is -2.76. The topological polar surface area (TPSA) is 99.7 Å². The Kier molecular flexibility index (Phi) is 8.35. The van der Waals surface area contributed by atoms with Crippen LogP contribution in [0.15, 0.2) is 72.8 Å². The summed E-state index contributed by atoms with van der Waals surface area (Å²) in [5.41, 5.74) is 4.83. The van der Waals surface area contributed by atoms with Crippen LogP contribution in [0.5, 0.6) is 5.75 Å². The second-order valence-electron chi connectivity index (χ2n) is 11.2. The molecule has 2 aliphatic heterocycles. The molecule has 3 aromatic rings. The number of benzene rings is 3. The number of aryl methyl sites for hydroxylation is 1. The van der Waals surface area contributed by atoms with E-state index in [1.165, 1.54) is 0 Å². The third kappa shape index (κ3) is 6.03. The Morgan fingerprint density at radius 2 is 1.71 bits per heavy atom. The van der Waals surface area contributed by atoms with Gasteiger partial charge in [0.1, 0.15) is 18.0 Å². The predicted octanol–water partition coefficient (Wildman–Crippen LogP) is 2.95. The van der Waals surface area contributed by atoms with Gasteiger partial charge in [0.05, 0.1) is 13.1 Å². The fourth-order valence-electron chi connectivity index (χ4n) is 5.84. The molecule has 10 nitrogen and oxygen atoms in total. The van der Waals surface area contributed by atoms with E-state index in [4.69, 9.17) is 0 Å². The first-order valence-corrected chi connectivity index (χ1v) is 14.1. The van der Waals surface area contributed by atoms with E-state index in [1.807, 2.05) is 68.4 Å². The van der Waals surface area contributed by atoms with Gasteiger partial charge in [0.25, 0.3) is 0 Å². The monoisotopic (exact) mass is 570 g/mol. The molecule has 3 aromatic carbocycles. The lowest BCUT2D eigenvalue weighted by Gasteiger charge is -2.54. The van der Waals surface area contributed by atoms with Crippen LogP contribution in [0, 0.1) is 6.92 Å². The van der Waals surface area contributed by atoms with E-state index >= 15 is 0 Å². The van der Waals surface area contributed by atoms with Gasteiger partial charge in [-0.25, -0.2) is 14.8 Å². The van der Waals surface area contributed by atoms with Crippen molar-refractivity contribution in [1.29, 1.82) is 0 Å². The maximum absolute atomic E-state index is 14.2. The lowest BCUT2D eigenvalue weighted by molar-refractivity contribution is -0.187. The highest BCUT2D eigenvalue weighted by Crippen LogP contribution is 2.30. The number of nitrogens with one attached hydrogen (secondary N) is 1. The summed E-state index contributed by atoms with van der Waals surface area (Å²) < 4.78 is 0. The number of phenols is 1. The van der Waals surface area contributed by atoms with E-state index in [9.17, 15) is 19.5 Å². The number of hydrogen-bond acceptors (Lipinski definition) is 6. The first-order valence-electron chi connectivity index (χ1n) is 14.1. The summed E-state index contributed by atoms with van der Waals surface area (Å²) in [6.07, 6.45) is -0.436. The van der Waals surface area contributed by atoms with Crippen LogP contribution in [0.4, 0.5) is 10.5 Å². The van der Waals surface area contributed by atoms with Crippen molar-refractivity contribution < 1.29 is 19.5 Å². The number of fused-ring (bicyclic) bond motifs is 1. The fraction of sp³-hybridized carbons (Fsp3) is 0.344. The maximum Gasteiger partial charge on any atom is 0.334 e. The van der Waals surface area contributed by atoms with Crippen molar-refractivity contribution in [2.75, 3.05) is 39.1 Å². The number of carbonyl (C=O) groups is 3. The molecular weight excluding hydrogens is 532 g/mol. The van der Waals surface area contributed by atoms with Crippen molar-refractivity contribution in [3.63, 3.8) is 0 Å². The fourth-order valence-corrected chi connectivity index (χ4v) is 5.84. The molecule has 2 fully saturated rings. The van der Waals surface area contributed by atoms with Crippen molar-refractivity contribution in [1.82, 2.24) is 25.1 Å². The van der Waals surface area contributed by atoms with Crippen LogP contribution in [0.1, 0.15) is 22.3 Å². The quantitative estimate of drug-likeness (QED) is 0.453. The summed E-state index contributed by atoms with van der Waals surface area (Å²) in [5, 5.41) is 16.0. The molecule has 0 aromatic heterocycles. The zero-order valence-electron chi connectivity index (χ0n) is 24.5. The van der Waals surface area contributed by atoms with E-state index < -0.39 is 12.2 Å². The Morgan fingerprint density at radius 3 is 2.40 bits per heavy atom. The molecule has 0 bridgehead atoms. The normalized spacial score (nSPS) is 19.1. The molecule has 2 atom stereocenters. The van der Waals surface area contributed by atoms with Gasteiger partial charge in [0.2, 0.25) is 11.8 Å². The molecule has 0 saturated carbocycles. The number of carbonyl (C=O) groups excluding carboxylic acids is 3. The first kappa shape index (κ1) is 28.9. The summed E-state index contributed by atoms with van der Waals surface area (Å²) in [5.74, 6) is -0.259. The number of anilines is 1. The third-order valence-electron chi connectivity index (χ3n) is 7.88. The smallest absolute Gasteiger partial charge is 0.334 e. The molecule has 5 rings (SSSR count). The van der Waals surface area contributed by atoms with E-state index in [0.717, 1.165) is 27.9 Å². The van der Waals surface area contributed by atoms with Gasteiger partial charge >= 0.3 is 6.03 Å². The molecule has 42 heavy (non-hydrogen) atoms. The molecule has 2 heterocycles. The number of hydrogen-bond donors (Lipinski definition) is 2. The number of likely N-dealkylation sites (N-methyl/N-ethyl adjacent to an activating group) is 1. The zero-order chi connectivity index (χ0) is 30.0. The van der Waals surface area contributed by atoms with Gasteiger partial charge in [0, 0.05) is 46.3 Å². The van der Waals surface area contributed by atoms with Gasteiger partial charge in [-0.3, -0.25) is 9.59 Å². The Hall–Kier alpha value is -4.57. The van der Waals surface area contributed by atoms with E-state index in [0.29, 0.717) is 13.1 Å². The van der Waals surface area contributed by atoms with Gasteiger partial charge in [-0.05, 0) is 41.8 Å². The van der Waals surface area contributed by atoms with Crippen LogP contribution in [-0.2, 0) is 29.1 Å². The van der Waals surface area contributed by atoms with E-state index in [2.05, 4.69) is 11.4 Å². The lowest BCUT2D eigenvalue weighted by atomic mass is 9.98. The molecule has 0 radical (unpaired) electrons. The highest BCUT2D eigenvalue weighted by molar-refractivity contribution is 5.91. The van der Waals surface area contributed by atoms with Crippen molar-refractivity contribution in [2.45, 2.75) is 38.6 Å². The molecule has 0 unspecified atom stereocenters. The number of hydrazine groups is 1. The van der Waals surface area contributed by atoms with Gasteiger partial charge in [-0.1, -0.05) is 60.2 Å². The van der Waals surface area contributed by atoms with Crippen molar-refractivity contribution in [2.24, 2.45) is 0 Å². The second kappa shape index (κ2) is 12.1. The molecule has 0 spiro atoms. The van der Waals surface area contributed by atoms with E-state index in [-0.39, 0.29) is 43.1 Å². The number of urea groups is 1. The Bertz CT molecular complexity index is 1450. The summed E-state index contributed by atoms with van der Waals surface area (Å²) >= 11 is 0. The molecule has 0 aliphatic carbocycles. The minimum atomic E-state index is -0.813. The Balaban J connectivity index is 1.49. The van der Waals surface area contributed by atoms with Gasteiger partial charge in [-0.15, -0.1) is 0 Å². The average Bonchev–Trinajstić information content (AvgIpc) is 2.95. The van der Waals surface area contributed by atoms with Crippen LogP contribution < -0.4 is 10.2 Å². The highest BCUT2D eigenvalue weighted by atomic mass is 16.3. The number of rotatable bonds is 7. The zero-order valence-corrected chi connectivity index (χ0v) is 24.5. The summed E-state index contributed by atoms with van der Waals surface area (Å²) in [4.78, 5) is 46.8. The van der Waals surface area contributed by atoms with Crippen LogP contribution in [0.2, 0.25) is 0 Å². The Labute approximate surface area is 246 Å². The van der Waals surface area contributed by atoms with Crippen LogP contribution >= 0.6 is 0 Å². The second-order valence-corrected chi connectivity index (χ2v) is 11.2. The Morgan fingerprint density at radius 1 is 1.00 bits per heavy atom. The van der Waals surface area contributed by atoms with Gasteiger partial charge in [-0.2, -0.15) is 0 Å². The van der Waals surface area contributed by atoms with Gasteiger partial charge in [0.15, 0.2) is 0 Å². The molecule has 4 amide bonds. The molecule has 2 saturated heterocycles. The predicted molar refractivity (Wildman–Crippen MR) is 160 cm³/mol. The maximum atomic E-state index is 14.2. The first-order chi connectivity index (χ1) is 20.1. The number of piperazine rings is 1. The number of amides is 4. The molecule has 2 aliphatic rings. The van der Waals surface area contributed by atoms with Gasteiger partial charge < -0.3 is 25.1 Å². The SMILES string of the molecule is Cc1ccc(N(C)C)c(CN2C[C@H]3N(C(=O)CN(C)N3C(=O)NCc3ccccc3)[C@@H](Cc3ccc(O)cc3)C2=O)c1. The number of phenolic OH excluding ortho intramolecular Hbond substituents is 1. The molecular formula is C32H38N6O4. The van der Waals surface area contributed by atoms with Crippen molar-refractivity contribution in [3.05, 3.63) is 95.1 Å². The summed E-state index contributed by atoms with van der Waals surface area (Å²) in [7, 11) is 5.65. The molecule has 2 N–H and O–H groups in total. The minimum Gasteiger partial charge on any atom is -0.508 e. The largest absolute Gasteiger partial charge is 0.508 e. The summed E-state index contributed by atoms with van der Waals surface area (Å²) in [6.45, 7) is 2.82. The highest BCUT2D eigenvalue weighted by Gasteiger charge is 2.50. The number of aromatic hydroxyl groups is 1. The standard InChI is InChI=1S/C32H38N6O4/c1-22-10-15-27(34(2)3)25(16-22)19-36-20-29-37(28(31(36)41)17-23-11-13-26(39)14-12-23)30(40)21-35(4)38(29)32(42)33-18-24-8-6-5-7-9-24/h5-16,28-29,39H,17-21H2,1-4H3,(H,33,42)/t28-,29-/m0/s1. The average molecular weight is 571 g/mol. The van der Waals surface area contributed by atoms with Crippen LogP contribution in [0.3, 0.4) is 0 Å². The van der Waals surface area contributed by atoms with Crippen LogP contribution in [-0.4, -0.2) is 89.2 Å². The molecule has 220 valence electrons. The number of nitrogens with zero attached hydrogens (tertiary/aromatic N) is 5. The van der Waals surface area contributed by atoms with Crippen LogP contribution in [0.25, 0.3) is 0 Å². The van der Waals surface area contributed by atoms with Crippen molar-refractivity contribution in [3.8, 4) is 5.75 Å². The minimum absolute atomic E-state index is 0.0305.